The van der Waals surface area contributed by atoms with Gasteiger partial charge in [-0.25, -0.2) is 4.98 Å². The van der Waals surface area contributed by atoms with Crippen LogP contribution in [0.4, 0.5) is 0 Å². The number of imidazole rings is 1. The molecule has 0 unspecified atom stereocenters. The molecule has 0 spiro atoms. The van der Waals surface area contributed by atoms with Crippen LogP contribution in [0.2, 0.25) is 0 Å². The van der Waals surface area contributed by atoms with E-state index in [0.29, 0.717) is 0 Å². The zero-order valence-corrected chi connectivity index (χ0v) is 17.6. The fourth-order valence-corrected chi connectivity index (χ4v) is 2.59. The minimum atomic E-state index is 0. The Morgan fingerprint density at radius 1 is 1.16 bits per heavy atom. The van der Waals surface area contributed by atoms with Crippen molar-refractivity contribution in [2.45, 2.75) is 45.7 Å². The molecule has 25 heavy (non-hydrogen) atoms. The van der Waals surface area contributed by atoms with E-state index in [0.717, 1.165) is 25.6 Å². The minimum absolute atomic E-state index is 0. The van der Waals surface area contributed by atoms with Gasteiger partial charge >= 0.3 is 0 Å². The van der Waals surface area contributed by atoms with Crippen LogP contribution in [0.15, 0.2) is 48.0 Å². The summed E-state index contributed by atoms with van der Waals surface area (Å²) >= 11 is 0. The molecule has 1 aromatic carbocycles. The Morgan fingerprint density at radius 3 is 2.72 bits per heavy atom. The molecule has 0 saturated heterocycles. The van der Waals surface area contributed by atoms with E-state index in [1.165, 1.54) is 36.8 Å². The zero-order valence-electron chi connectivity index (χ0n) is 15.2. The summed E-state index contributed by atoms with van der Waals surface area (Å²) in [5.41, 5.74) is 2.52. The van der Waals surface area contributed by atoms with Crippen LogP contribution in [-0.2, 0) is 13.1 Å². The third kappa shape index (κ3) is 8.38. The number of aromatic nitrogens is 2. The number of halogens is 1. The number of aliphatic imine (C=N–C) groups is 1. The van der Waals surface area contributed by atoms with E-state index in [-0.39, 0.29) is 24.0 Å². The fraction of sp³-hybridized carbons (Fsp3) is 0.474. The van der Waals surface area contributed by atoms with Crippen LogP contribution in [-0.4, -0.2) is 29.1 Å². The molecule has 0 radical (unpaired) electrons. The quantitative estimate of drug-likeness (QED) is 0.262. The average molecular weight is 455 g/mol. The van der Waals surface area contributed by atoms with Crippen LogP contribution in [0.3, 0.4) is 0 Å². The summed E-state index contributed by atoms with van der Waals surface area (Å²) in [6.45, 7) is 4.82. The average Bonchev–Trinajstić information content (AvgIpc) is 3.11. The van der Waals surface area contributed by atoms with Crippen LogP contribution in [0, 0.1) is 0 Å². The first-order valence-corrected chi connectivity index (χ1v) is 8.80. The standard InChI is InChI=1S/C19H29N5.HI/c1-3-4-5-6-10-22-19(20-2)23-14-17-8-7-9-18(13-17)15-24-12-11-21-16-24;/h7-9,11-13,16H,3-6,10,14-15H2,1-2H3,(H2,20,22,23);1H. The molecule has 0 atom stereocenters. The Morgan fingerprint density at radius 2 is 2.00 bits per heavy atom. The van der Waals surface area contributed by atoms with Crippen molar-refractivity contribution in [3.8, 4) is 0 Å². The third-order valence-electron chi connectivity index (χ3n) is 3.92. The van der Waals surface area contributed by atoms with Gasteiger partial charge in [0.1, 0.15) is 0 Å². The van der Waals surface area contributed by atoms with Crippen LogP contribution < -0.4 is 10.6 Å². The molecule has 0 aliphatic heterocycles. The Labute approximate surface area is 168 Å². The topological polar surface area (TPSA) is 54.2 Å². The molecular weight excluding hydrogens is 425 g/mol. The highest BCUT2D eigenvalue weighted by atomic mass is 127. The number of unbranched alkanes of at least 4 members (excludes halogenated alkanes) is 3. The lowest BCUT2D eigenvalue weighted by Gasteiger charge is -2.12. The van der Waals surface area contributed by atoms with Gasteiger partial charge in [-0.15, -0.1) is 24.0 Å². The van der Waals surface area contributed by atoms with Gasteiger partial charge in [0.05, 0.1) is 6.33 Å². The number of nitrogens with one attached hydrogen (secondary N) is 2. The highest BCUT2D eigenvalue weighted by molar-refractivity contribution is 14.0. The molecule has 0 saturated carbocycles. The molecule has 2 N–H and O–H groups in total. The van der Waals surface area contributed by atoms with Crippen LogP contribution in [0.1, 0.15) is 43.7 Å². The van der Waals surface area contributed by atoms with Gasteiger partial charge in [0.2, 0.25) is 0 Å². The molecule has 0 aliphatic carbocycles. The number of guanidine groups is 1. The van der Waals surface area contributed by atoms with Crippen LogP contribution in [0.25, 0.3) is 0 Å². The lowest BCUT2D eigenvalue weighted by molar-refractivity contribution is 0.647. The van der Waals surface area contributed by atoms with Crippen molar-refractivity contribution in [2.75, 3.05) is 13.6 Å². The summed E-state index contributed by atoms with van der Waals surface area (Å²) in [5, 5.41) is 6.76. The van der Waals surface area contributed by atoms with Crippen LogP contribution >= 0.6 is 24.0 Å². The molecule has 0 fully saturated rings. The molecule has 2 aromatic rings. The maximum Gasteiger partial charge on any atom is 0.191 e. The second kappa shape index (κ2) is 12.7. The lowest BCUT2D eigenvalue weighted by atomic mass is 10.1. The van der Waals surface area contributed by atoms with Gasteiger partial charge in [-0.05, 0) is 17.5 Å². The summed E-state index contributed by atoms with van der Waals surface area (Å²) in [4.78, 5) is 8.37. The first-order valence-electron chi connectivity index (χ1n) is 8.80. The molecule has 6 heteroatoms. The van der Waals surface area contributed by atoms with Gasteiger partial charge < -0.3 is 15.2 Å². The van der Waals surface area contributed by atoms with Crippen molar-refractivity contribution in [2.24, 2.45) is 4.99 Å². The summed E-state index contributed by atoms with van der Waals surface area (Å²) in [7, 11) is 1.82. The number of rotatable bonds is 9. The van der Waals surface area contributed by atoms with Gasteiger partial charge in [0, 0.05) is 39.1 Å². The van der Waals surface area contributed by atoms with Crippen molar-refractivity contribution in [1.82, 2.24) is 20.2 Å². The molecular formula is C19H30IN5. The summed E-state index contributed by atoms with van der Waals surface area (Å²) in [6, 6.07) is 8.61. The van der Waals surface area contributed by atoms with Crippen molar-refractivity contribution >= 4 is 29.9 Å². The molecule has 5 nitrogen and oxygen atoms in total. The Balaban J connectivity index is 0.00000312. The molecule has 1 aromatic heterocycles. The van der Waals surface area contributed by atoms with Crippen LogP contribution in [0.5, 0.6) is 0 Å². The van der Waals surface area contributed by atoms with Gasteiger partial charge in [0.25, 0.3) is 0 Å². The van der Waals surface area contributed by atoms with E-state index < -0.39 is 0 Å². The third-order valence-corrected chi connectivity index (χ3v) is 3.92. The Bertz CT molecular complexity index is 610. The van der Waals surface area contributed by atoms with Gasteiger partial charge in [-0.2, -0.15) is 0 Å². The summed E-state index contributed by atoms with van der Waals surface area (Å²) in [5.74, 6) is 0.867. The molecule has 0 amide bonds. The molecule has 2 rings (SSSR count). The normalized spacial score (nSPS) is 11.0. The predicted molar refractivity (Wildman–Crippen MR) is 116 cm³/mol. The van der Waals surface area contributed by atoms with Gasteiger partial charge in [-0.1, -0.05) is 50.5 Å². The van der Waals surface area contributed by atoms with Crippen molar-refractivity contribution in [3.05, 3.63) is 54.1 Å². The molecule has 0 aliphatic rings. The Kier molecular flexibility index (Phi) is 10.9. The highest BCUT2D eigenvalue weighted by Gasteiger charge is 2.00. The van der Waals surface area contributed by atoms with Gasteiger partial charge in [-0.3, -0.25) is 4.99 Å². The van der Waals surface area contributed by atoms with Crippen molar-refractivity contribution in [1.29, 1.82) is 0 Å². The molecule has 138 valence electrons. The number of hydrogen-bond acceptors (Lipinski definition) is 2. The van der Waals surface area contributed by atoms with Gasteiger partial charge in [0.15, 0.2) is 5.96 Å². The highest BCUT2D eigenvalue weighted by Crippen LogP contribution is 2.07. The van der Waals surface area contributed by atoms with E-state index in [1.54, 1.807) is 0 Å². The monoisotopic (exact) mass is 455 g/mol. The van der Waals surface area contributed by atoms with E-state index in [1.807, 2.05) is 25.8 Å². The van der Waals surface area contributed by atoms with Crippen molar-refractivity contribution < 1.29 is 0 Å². The second-order valence-electron chi connectivity index (χ2n) is 5.97. The summed E-state index contributed by atoms with van der Waals surface area (Å²) in [6.07, 6.45) is 10.7. The number of hydrogen-bond donors (Lipinski definition) is 2. The predicted octanol–water partition coefficient (Wildman–Crippen LogP) is 3.79. The Hall–Kier alpha value is -1.57. The van der Waals surface area contributed by atoms with E-state index >= 15 is 0 Å². The first kappa shape index (κ1) is 21.5. The number of benzene rings is 1. The summed E-state index contributed by atoms with van der Waals surface area (Å²) < 4.78 is 2.07. The SMILES string of the molecule is CCCCCCNC(=NC)NCc1cccc(Cn2ccnc2)c1.I. The number of nitrogens with zero attached hydrogens (tertiary/aromatic N) is 3. The molecule has 1 heterocycles. The maximum absolute atomic E-state index is 4.29. The zero-order chi connectivity index (χ0) is 17.0. The maximum atomic E-state index is 4.29. The van der Waals surface area contributed by atoms with E-state index in [2.05, 4.69) is 56.4 Å². The van der Waals surface area contributed by atoms with E-state index in [4.69, 9.17) is 0 Å². The minimum Gasteiger partial charge on any atom is -0.356 e. The smallest absolute Gasteiger partial charge is 0.191 e. The lowest BCUT2D eigenvalue weighted by Crippen LogP contribution is -2.37. The van der Waals surface area contributed by atoms with Crippen molar-refractivity contribution in [3.63, 3.8) is 0 Å². The first-order chi connectivity index (χ1) is 11.8. The fourth-order valence-electron chi connectivity index (χ4n) is 2.59. The van der Waals surface area contributed by atoms with E-state index in [9.17, 15) is 0 Å². The second-order valence-corrected chi connectivity index (χ2v) is 5.97. The largest absolute Gasteiger partial charge is 0.356 e. The molecule has 0 bridgehead atoms.